The lowest BCUT2D eigenvalue weighted by Gasteiger charge is -2.15. The summed E-state index contributed by atoms with van der Waals surface area (Å²) in [6, 6.07) is 3.93. The molecule has 0 saturated carbocycles. The third kappa shape index (κ3) is 5.61. The number of methoxy groups -OCH3 is 1. The van der Waals surface area contributed by atoms with Crippen molar-refractivity contribution in [3.8, 4) is 5.75 Å². The molecule has 116 valence electrons. The number of halogens is 1. The quantitative estimate of drug-likeness (QED) is 0.759. The molecule has 0 radical (unpaired) electrons. The van der Waals surface area contributed by atoms with Crippen LogP contribution in [-0.4, -0.2) is 43.3 Å². The van der Waals surface area contributed by atoms with Gasteiger partial charge in [-0.1, -0.05) is 17.7 Å². The first-order valence-corrected chi connectivity index (χ1v) is 6.78. The molecule has 0 bridgehead atoms. The van der Waals surface area contributed by atoms with Gasteiger partial charge in [0.15, 0.2) is 0 Å². The summed E-state index contributed by atoms with van der Waals surface area (Å²) >= 11 is 5.99. The van der Waals surface area contributed by atoms with Gasteiger partial charge in [-0.15, -0.1) is 0 Å². The zero-order chi connectivity index (χ0) is 15.8. The van der Waals surface area contributed by atoms with Gasteiger partial charge in [0.1, 0.15) is 18.4 Å². The van der Waals surface area contributed by atoms with Gasteiger partial charge in [0.2, 0.25) is 5.91 Å². The number of carboxylic acid groups (broad SMARTS) is 1. The first-order chi connectivity index (χ1) is 9.97. The average molecular weight is 316 g/mol. The maximum atomic E-state index is 11.5. The van der Waals surface area contributed by atoms with Crippen LogP contribution in [0.4, 0.5) is 0 Å². The van der Waals surface area contributed by atoms with E-state index in [1.54, 1.807) is 25.1 Å². The number of benzene rings is 1. The van der Waals surface area contributed by atoms with E-state index in [2.05, 4.69) is 5.32 Å². The second-order valence-corrected chi connectivity index (χ2v) is 4.68. The zero-order valence-electron chi connectivity index (χ0n) is 11.9. The molecule has 0 heterocycles. The Morgan fingerprint density at radius 1 is 1.43 bits per heavy atom. The average Bonchev–Trinajstić information content (AvgIpc) is 2.44. The molecule has 1 atom stereocenters. The number of carbonyl (C=O) groups excluding carboxylic acids is 1. The molecule has 1 amide bonds. The van der Waals surface area contributed by atoms with E-state index in [1.165, 1.54) is 7.11 Å². The molecular formula is C14H18ClNO5. The molecule has 1 rings (SSSR count). The fourth-order valence-electron chi connectivity index (χ4n) is 1.70. The number of amides is 1. The van der Waals surface area contributed by atoms with Crippen molar-refractivity contribution in [2.45, 2.75) is 19.4 Å². The monoisotopic (exact) mass is 315 g/mol. The zero-order valence-corrected chi connectivity index (χ0v) is 12.6. The fourth-order valence-corrected chi connectivity index (χ4v) is 1.98. The molecule has 0 aliphatic carbocycles. The molecule has 0 aromatic heterocycles. The summed E-state index contributed by atoms with van der Waals surface area (Å²) in [5.74, 6) is -1.08. The SMILES string of the molecule is CCOCC(=O)N[C@@H](Cc1ccc(OC)c(Cl)c1)C(=O)O. The minimum absolute atomic E-state index is 0.122. The highest BCUT2D eigenvalue weighted by atomic mass is 35.5. The van der Waals surface area contributed by atoms with Crippen LogP contribution in [0.15, 0.2) is 18.2 Å². The topological polar surface area (TPSA) is 84.9 Å². The van der Waals surface area contributed by atoms with Gasteiger partial charge in [0, 0.05) is 13.0 Å². The molecule has 0 unspecified atom stereocenters. The molecule has 1 aromatic carbocycles. The van der Waals surface area contributed by atoms with Crippen LogP contribution < -0.4 is 10.1 Å². The Hall–Kier alpha value is -1.79. The number of carboxylic acids is 1. The van der Waals surface area contributed by atoms with Crippen molar-refractivity contribution in [3.05, 3.63) is 28.8 Å². The first-order valence-electron chi connectivity index (χ1n) is 6.40. The van der Waals surface area contributed by atoms with Crippen molar-refractivity contribution in [2.75, 3.05) is 20.3 Å². The van der Waals surface area contributed by atoms with Gasteiger partial charge in [0.05, 0.1) is 12.1 Å². The molecule has 0 fully saturated rings. The van der Waals surface area contributed by atoms with E-state index in [0.717, 1.165) is 0 Å². The number of carbonyl (C=O) groups is 2. The van der Waals surface area contributed by atoms with E-state index in [-0.39, 0.29) is 13.0 Å². The Balaban J connectivity index is 2.72. The van der Waals surface area contributed by atoms with Crippen LogP contribution >= 0.6 is 11.6 Å². The van der Waals surface area contributed by atoms with Gasteiger partial charge in [-0.3, -0.25) is 4.79 Å². The number of hydrogen-bond acceptors (Lipinski definition) is 4. The number of ether oxygens (including phenoxy) is 2. The van der Waals surface area contributed by atoms with Gasteiger partial charge in [-0.2, -0.15) is 0 Å². The Labute approximate surface area is 128 Å². The highest BCUT2D eigenvalue weighted by Gasteiger charge is 2.20. The van der Waals surface area contributed by atoms with Gasteiger partial charge in [0.25, 0.3) is 0 Å². The van der Waals surface area contributed by atoms with Crippen LogP contribution in [0, 0.1) is 0 Å². The number of aliphatic carboxylic acids is 1. The van der Waals surface area contributed by atoms with Crippen LogP contribution in [0.1, 0.15) is 12.5 Å². The molecule has 1 aromatic rings. The Kier molecular flexibility index (Phi) is 6.98. The van der Waals surface area contributed by atoms with Crippen molar-refractivity contribution < 1.29 is 24.2 Å². The smallest absolute Gasteiger partial charge is 0.326 e. The molecule has 0 saturated heterocycles. The van der Waals surface area contributed by atoms with E-state index in [4.69, 9.17) is 26.2 Å². The molecule has 0 aliphatic rings. The van der Waals surface area contributed by atoms with Crippen molar-refractivity contribution in [1.82, 2.24) is 5.32 Å². The third-order valence-corrected chi connectivity index (χ3v) is 3.02. The van der Waals surface area contributed by atoms with E-state index < -0.39 is 17.9 Å². The van der Waals surface area contributed by atoms with Crippen molar-refractivity contribution in [1.29, 1.82) is 0 Å². The standard InChI is InChI=1S/C14H18ClNO5/c1-3-21-8-13(17)16-11(14(18)19)7-9-4-5-12(20-2)10(15)6-9/h4-6,11H,3,7-8H2,1-2H3,(H,16,17)(H,18,19)/t11-/m0/s1. The highest BCUT2D eigenvalue weighted by Crippen LogP contribution is 2.25. The summed E-state index contributed by atoms with van der Waals surface area (Å²) in [4.78, 5) is 22.7. The number of hydrogen-bond donors (Lipinski definition) is 2. The third-order valence-electron chi connectivity index (χ3n) is 2.73. The molecule has 6 nitrogen and oxygen atoms in total. The van der Waals surface area contributed by atoms with E-state index in [0.29, 0.717) is 22.9 Å². The van der Waals surface area contributed by atoms with E-state index >= 15 is 0 Å². The van der Waals surface area contributed by atoms with Crippen LogP contribution in [0.5, 0.6) is 5.75 Å². The maximum Gasteiger partial charge on any atom is 0.326 e. The maximum absolute atomic E-state index is 11.5. The lowest BCUT2D eigenvalue weighted by molar-refractivity contribution is -0.142. The second-order valence-electron chi connectivity index (χ2n) is 4.27. The Morgan fingerprint density at radius 2 is 2.14 bits per heavy atom. The fraction of sp³-hybridized carbons (Fsp3) is 0.429. The normalized spacial score (nSPS) is 11.8. The second kappa shape index (κ2) is 8.49. The highest BCUT2D eigenvalue weighted by molar-refractivity contribution is 6.32. The summed E-state index contributed by atoms with van der Waals surface area (Å²) in [7, 11) is 1.49. The van der Waals surface area contributed by atoms with Gasteiger partial charge in [-0.05, 0) is 24.6 Å². The Morgan fingerprint density at radius 3 is 2.67 bits per heavy atom. The van der Waals surface area contributed by atoms with Crippen LogP contribution in [0.2, 0.25) is 5.02 Å². The van der Waals surface area contributed by atoms with Crippen LogP contribution in [0.3, 0.4) is 0 Å². The molecule has 21 heavy (non-hydrogen) atoms. The molecule has 2 N–H and O–H groups in total. The van der Waals surface area contributed by atoms with Gasteiger partial charge < -0.3 is 19.9 Å². The minimum Gasteiger partial charge on any atom is -0.495 e. The molecule has 7 heteroatoms. The van der Waals surface area contributed by atoms with Gasteiger partial charge >= 0.3 is 5.97 Å². The van der Waals surface area contributed by atoms with Crippen LogP contribution in [0.25, 0.3) is 0 Å². The van der Waals surface area contributed by atoms with Crippen LogP contribution in [-0.2, 0) is 20.7 Å². The summed E-state index contributed by atoms with van der Waals surface area (Å²) in [5.41, 5.74) is 0.685. The molecule has 0 spiro atoms. The summed E-state index contributed by atoms with van der Waals surface area (Å²) in [6.45, 7) is 1.98. The van der Waals surface area contributed by atoms with E-state index in [9.17, 15) is 9.59 Å². The summed E-state index contributed by atoms with van der Waals surface area (Å²) < 4.78 is 9.96. The molecular weight excluding hydrogens is 298 g/mol. The predicted octanol–water partition coefficient (Wildman–Crippen LogP) is 1.50. The lowest BCUT2D eigenvalue weighted by Crippen LogP contribution is -2.43. The predicted molar refractivity (Wildman–Crippen MR) is 77.8 cm³/mol. The molecule has 0 aliphatic heterocycles. The lowest BCUT2D eigenvalue weighted by atomic mass is 10.1. The van der Waals surface area contributed by atoms with E-state index in [1.807, 2.05) is 0 Å². The van der Waals surface area contributed by atoms with Crippen molar-refractivity contribution in [2.24, 2.45) is 0 Å². The first kappa shape index (κ1) is 17.3. The van der Waals surface area contributed by atoms with Crippen molar-refractivity contribution in [3.63, 3.8) is 0 Å². The minimum atomic E-state index is -1.12. The summed E-state index contributed by atoms with van der Waals surface area (Å²) in [5, 5.41) is 12.0. The number of rotatable bonds is 8. The summed E-state index contributed by atoms with van der Waals surface area (Å²) in [6.07, 6.45) is 0.122. The van der Waals surface area contributed by atoms with Crippen molar-refractivity contribution >= 4 is 23.5 Å². The largest absolute Gasteiger partial charge is 0.495 e. The number of nitrogens with one attached hydrogen (secondary N) is 1. The van der Waals surface area contributed by atoms with Gasteiger partial charge in [-0.25, -0.2) is 4.79 Å². The Bertz CT molecular complexity index is 506.